The van der Waals surface area contributed by atoms with E-state index in [4.69, 9.17) is 14.1 Å². The Hall–Kier alpha value is -6.73. The Balaban J connectivity index is 0.980. The fraction of sp³-hybridized carbons (Fsp3) is 0. The van der Waals surface area contributed by atoms with Crippen LogP contribution in [0.5, 0.6) is 11.5 Å². The molecule has 6 nitrogen and oxygen atoms in total. The van der Waals surface area contributed by atoms with Crippen molar-refractivity contribution in [3.8, 4) is 34.1 Å². The molecule has 0 unspecified atom stereocenters. The minimum absolute atomic E-state index is 0.0404. The molecule has 0 saturated carbocycles. The molecule has 3 aliphatic rings. The van der Waals surface area contributed by atoms with Gasteiger partial charge in [-0.1, -0.05) is 78.9 Å². The van der Waals surface area contributed by atoms with Gasteiger partial charge in [0.1, 0.15) is 5.52 Å². The molecular weight excluding hydrogens is 615 g/mol. The number of rotatable bonds is 3. The number of nitrogens with zero attached hydrogens (tertiary/aromatic N) is 4. The number of benzene rings is 7. The minimum atomic E-state index is -0.0404. The van der Waals surface area contributed by atoms with Gasteiger partial charge in [0.05, 0.1) is 22.7 Å². The molecule has 4 heterocycles. The summed E-state index contributed by atoms with van der Waals surface area (Å²) in [5.41, 5.74) is 13.9. The maximum Gasteiger partial charge on any atom is 0.421 e. The standard InChI is InChI=1S/C43H27BN4O2/c1-3-13-33-31(11-1)32-12-2-4-14-35(32)48-37-16-6-5-15-36(37)47(44(33)48)30-25-26-34-42(27-30)50-43(45-34)28-21-23-29(24-22-28)46-38-17-7-9-19-40(38)49-41-20-10-8-18-39(41)46/h1-27H. The summed E-state index contributed by atoms with van der Waals surface area (Å²) >= 11 is 0. The summed E-state index contributed by atoms with van der Waals surface area (Å²) in [7, 11) is 0. The Labute approximate surface area is 289 Å². The van der Waals surface area contributed by atoms with Crippen LogP contribution in [0.3, 0.4) is 0 Å². The molecule has 0 aliphatic carbocycles. The smallest absolute Gasteiger partial charge is 0.421 e. The van der Waals surface area contributed by atoms with Crippen LogP contribution >= 0.6 is 0 Å². The molecule has 8 aromatic rings. The number of fused-ring (bicyclic) bond motifs is 11. The van der Waals surface area contributed by atoms with E-state index in [0.29, 0.717) is 5.89 Å². The van der Waals surface area contributed by atoms with Crippen molar-refractivity contribution in [3.63, 3.8) is 0 Å². The minimum Gasteiger partial charge on any atom is -0.453 e. The third-order valence-electron chi connectivity index (χ3n) is 10.0. The normalized spacial score (nSPS) is 13.6. The SMILES string of the molecule is c1ccc2c(c1)Oc1ccccc1N2c1ccc(-c2nc3ccc(N4B5c6ccccc6-c6ccccc6N5c5ccccc54)cc3o2)cc1. The van der Waals surface area contributed by atoms with Crippen molar-refractivity contribution < 1.29 is 9.15 Å². The lowest BCUT2D eigenvalue weighted by molar-refractivity contribution is 0.477. The van der Waals surface area contributed by atoms with E-state index in [2.05, 4.69) is 142 Å². The van der Waals surface area contributed by atoms with E-state index in [-0.39, 0.29) is 6.98 Å². The first-order valence-electron chi connectivity index (χ1n) is 16.8. The van der Waals surface area contributed by atoms with Crippen LogP contribution in [0.15, 0.2) is 168 Å². The molecular formula is C43H27BN4O2. The van der Waals surface area contributed by atoms with Crippen LogP contribution in [-0.4, -0.2) is 12.0 Å². The summed E-state index contributed by atoms with van der Waals surface area (Å²) in [6, 6.07) is 57.1. The van der Waals surface area contributed by atoms with Crippen LogP contribution in [-0.2, 0) is 0 Å². The highest BCUT2D eigenvalue weighted by Gasteiger charge is 2.47. The average Bonchev–Trinajstić information content (AvgIpc) is 3.77. The van der Waals surface area contributed by atoms with Gasteiger partial charge in [0.15, 0.2) is 17.1 Å². The highest BCUT2D eigenvalue weighted by atomic mass is 16.5. The van der Waals surface area contributed by atoms with Crippen molar-refractivity contribution in [2.24, 2.45) is 0 Å². The molecule has 0 atom stereocenters. The van der Waals surface area contributed by atoms with Crippen LogP contribution in [0.25, 0.3) is 33.7 Å². The fourth-order valence-electron chi connectivity index (χ4n) is 7.87. The maximum atomic E-state index is 6.52. The largest absolute Gasteiger partial charge is 0.453 e. The molecule has 0 fully saturated rings. The molecule has 3 aliphatic heterocycles. The Bertz CT molecular complexity index is 2590. The third kappa shape index (κ3) is 3.89. The third-order valence-corrected chi connectivity index (χ3v) is 10.0. The second kappa shape index (κ2) is 10.4. The first-order chi connectivity index (χ1) is 24.8. The molecule has 7 aromatic carbocycles. The molecule has 0 spiro atoms. The zero-order valence-electron chi connectivity index (χ0n) is 26.8. The summed E-state index contributed by atoms with van der Waals surface area (Å²) in [6.45, 7) is -0.0404. The van der Waals surface area contributed by atoms with Crippen LogP contribution < -0.4 is 24.7 Å². The fourth-order valence-corrected chi connectivity index (χ4v) is 7.87. The summed E-state index contributed by atoms with van der Waals surface area (Å²) in [6.07, 6.45) is 0. The molecule has 1 aromatic heterocycles. The number of ether oxygens (including phenoxy) is 1. The molecule has 0 radical (unpaired) electrons. The lowest BCUT2D eigenvalue weighted by Crippen LogP contribution is -2.55. The first-order valence-corrected chi connectivity index (χ1v) is 16.8. The summed E-state index contributed by atoms with van der Waals surface area (Å²) in [5.74, 6) is 2.25. The highest BCUT2D eigenvalue weighted by Crippen LogP contribution is 2.52. The van der Waals surface area contributed by atoms with Crippen LogP contribution in [0, 0.1) is 0 Å². The molecule has 50 heavy (non-hydrogen) atoms. The zero-order valence-corrected chi connectivity index (χ0v) is 26.8. The molecule has 0 amide bonds. The van der Waals surface area contributed by atoms with Crippen molar-refractivity contribution in [2.45, 2.75) is 0 Å². The quantitative estimate of drug-likeness (QED) is 0.179. The maximum absolute atomic E-state index is 6.52. The number of anilines is 7. The van der Waals surface area contributed by atoms with Gasteiger partial charge < -0.3 is 23.7 Å². The predicted molar refractivity (Wildman–Crippen MR) is 202 cm³/mol. The van der Waals surface area contributed by atoms with Crippen molar-refractivity contribution in [2.75, 3.05) is 14.5 Å². The lowest BCUT2D eigenvalue weighted by Gasteiger charge is -2.36. The van der Waals surface area contributed by atoms with E-state index >= 15 is 0 Å². The van der Waals surface area contributed by atoms with E-state index in [1.807, 2.05) is 36.4 Å². The Morgan fingerprint density at radius 2 is 1.06 bits per heavy atom. The Morgan fingerprint density at radius 3 is 1.80 bits per heavy atom. The van der Waals surface area contributed by atoms with E-state index in [1.54, 1.807) is 0 Å². The van der Waals surface area contributed by atoms with Crippen LogP contribution in [0.4, 0.5) is 39.8 Å². The van der Waals surface area contributed by atoms with Crippen molar-refractivity contribution in [3.05, 3.63) is 164 Å². The van der Waals surface area contributed by atoms with Gasteiger partial charge in [-0.25, -0.2) is 4.98 Å². The van der Waals surface area contributed by atoms with Gasteiger partial charge in [-0.15, -0.1) is 0 Å². The predicted octanol–water partition coefficient (Wildman–Crippen LogP) is 10.7. The molecule has 234 valence electrons. The summed E-state index contributed by atoms with van der Waals surface area (Å²) in [4.78, 5) is 12.1. The molecule has 7 heteroatoms. The van der Waals surface area contributed by atoms with E-state index in [1.165, 1.54) is 28.0 Å². The van der Waals surface area contributed by atoms with E-state index < -0.39 is 0 Å². The van der Waals surface area contributed by atoms with Crippen molar-refractivity contribution >= 4 is 63.4 Å². The first kappa shape index (κ1) is 27.2. The van der Waals surface area contributed by atoms with E-state index in [9.17, 15) is 0 Å². The number of hydrogen-bond donors (Lipinski definition) is 0. The van der Waals surface area contributed by atoms with Crippen molar-refractivity contribution in [1.82, 2.24) is 4.98 Å². The molecule has 0 bridgehead atoms. The summed E-state index contributed by atoms with van der Waals surface area (Å²) in [5, 5.41) is 0. The van der Waals surface area contributed by atoms with Crippen LogP contribution in [0.1, 0.15) is 0 Å². The highest BCUT2D eigenvalue weighted by molar-refractivity contribution is 6.86. The van der Waals surface area contributed by atoms with Gasteiger partial charge >= 0.3 is 6.98 Å². The van der Waals surface area contributed by atoms with Gasteiger partial charge in [-0.05, 0) is 89.9 Å². The summed E-state index contributed by atoms with van der Waals surface area (Å²) < 4.78 is 12.7. The Morgan fingerprint density at radius 1 is 0.480 bits per heavy atom. The van der Waals surface area contributed by atoms with Gasteiger partial charge in [0.2, 0.25) is 5.89 Å². The molecule has 0 N–H and O–H groups in total. The number of para-hydroxylation sites is 7. The number of aromatic nitrogens is 1. The number of oxazole rings is 1. The van der Waals surface area contributed by atoms with E-state index in [0.717, 1.165) is 56.6 Å². The zero-order chi connectivity index (χ0) is 32.8. The van der Waals surface area contributed by atoms with Crippen LogP contribution in [0.2, 0.25) is 0 Å². The van der Waals surface area contributed by atoms with Gasteiger partial charge in [0.25, 0.3) is 0 Å². The monoisotopic (exact) mass is 642 g/mol. The van der Waals surface area contributed by atoms with Gasteiger partial charge in [0, 0.05) is 34.3 Å². The topological polar surface area (TPSA) is 45.0 Å². The van der Waals surface area contributed by atoms with Gasteiger partial charge in [-0.3, -0.25) is 0 Å². The van der Waals surface area contributed by atoms with Gasteiger partial charge in [-0.2, -0.15) is 0 Å². The number of hydrogen-bond acceptors (Lipinski definition) is 6. The second-order valence-electron chi connectivity index (χ2n) is 12.8. The van der Waals surface area contributed by atoms with Crippen molar-refractivity contribution in [1.29, 1.82) is 0 Å². The average molecular weight is 643 g/mol. The molecule has 11 rings (SSSR count). The lowest BCUT2D eigenvalue weighted by atomic mass is 9.59. The molecule has 0 saturated heterocycles. The second-order valence-corrected chi connectivity index (χ2v) is 12.8. The Kier molecular flexibility index (Phi) is 5.66.